The Morgan fingerprint density at radius 3 is 0.829 bits per heavy atom. The fraction of sp³-hybridized carbons (Fsp3) is 0.937. The molecule has 0 aliphatic heterocycles. The minimum Gasteiger partial charge on any atom is -0.462 e. The normalized spacial score (nSPS) is 14.3. The van der Waals surface area contributed by atoms with Gasteiger partial charge in [-0.3, -0.25) is 37.3 Å². The molecule has 5 atom stereocenters. The maximum absolute atomic E-state index is 13.0. The molecule has 17 nitrogen and oxygen atoms in total. The van der Waals surface area contributed by atoms with Crippen LogP contribution in [0.1, 0.15) is 317 Å². The number of unbranched alkanes of at least 4 members (excludes halogenated alkanes) is 35. The maximum atomic E-state index is 13.0. The minimum absolute atomic E-state index is 0.103. The number of carbonyl (C=O) groups is 4. The van der Waals surface area contributed by atoms with Gasteiger partial charge in [0.25, 0.3) is 0 Å². The molecule has 82 heavy (non-hydrogen) atoms. The van der Waals surface area contributed by atoms with Crippen LogP contribution in [0.2, 0.25) is 0 Å². The van der Waals surface area contributed by atoms with Crippen molar-refractivity contribution in [1.82, 2.24) is 0 Å². The molecule has 0 amide bonds. The number of hydrogen-bond donors (Lipinski definition) is 3. The molecule has 0 spiro atoms. The Bertz CT molecular complexity index is 1600. The van der Waals surface area contributed by atoms with Gasteiger partial charge < -0.3 is 33.8 Å². The first kappa shape index (κ1) is 80.1. The summed E-state index contributed by atoms with van der Waals surface area (Å²) in [6, 6.07) is 0. The van der Waals surface area contributed by atoms with Crippen molar-refractivity contribution in [2.75, 3.05) is 39.6 Å². The molecule has 0 aromatic heterocycles. The van der Waals surface area contributed by atoms with Crippen LogP contribution in [0.4, 0.5) is 0 Å². The number of aliphatic hydroxyl groups excluding tert-OH is 1. The SMILES string of the molecule is CCCCCCCCCCCCCCCCC(=O)OC[C@H](COP(=O)(O)OC[C@@H](O)COP(=O)(O)OC[C@@H](COC(=O)CCCCCCCCC)OC(=O)CCCCCCCCC)OC(=O)CCCCCCCCCCCCCC(C)C. The van der Waals surface area contributed by atoms with Crippen LogP contribution < -0.4 is 0 Å². The molecular formula is C63H122O17P2. The summed E-state index contributed by atoms with van der Waals surface area (Å²) in [4.78, 5) is 71.9. The van der Waals surface area contributed by atoms with Crippen LogP contribution in [0.5, 0.6) is 0 Å². The van der Waals surface area contributed by atoms with Crippen LogP contribution in [-0.2, 0) is 65.4 Å². The van der Waals surface area contributed by atoms with E-state index in [0.29, 0.717) is 25.7 Å². The van der Waals surface area contributed by atoms with Gasteiger partial charge in [-0.2, -0.15) is 0 Å². The lowest BCUT2D eigenvalue weighted by Gasteiger charge is -2.21. The van der Waals surface area contributed by atoms with Gasteiger partial charge in [0.1, 0.15) is 19.3 Å². The van der Waals surface area contributed by atoms with Crippen molar-refractivity contribution in [3.05, 3.63) is 0 Å². The van der Waals surface area contributed by atoms with E-state index in [-0.39, 0.29) is 25.7 Å². The molecular weight excluding hydrogens is 1090 g/mol. The second kappa shape index (κ2) is 56.8. The van der Waals surface area contributed by atoms with Gasteiger partial charge in [0.2, 0.25) is 0 Å². The quantitative estimate of drug-likeness (QED) is 0.0222. The van der Waals surface area contributed by atoms with E-state index in [1.54, 1.807) is 0 Å². The molecule has 19 heteroatoms. The lowest BCUT2D eigenvalue weighted by Crippen LogP contribution is -2.30. The zero-order valence-electron chi connectivity index (χ0n) is 52.6. The molecule has 0 aromatic carbocycles. The topological polar surface area (TPSA) is 237 Å². The summed E-state index contributed by atoms with van der Waals surface area (Å²) in [5.41, 5.74) is 0. The fourth-order valence-corrected chi connectivity index (χ4v) is 11.0. The Morgan fingerprint density at radius 1 is 0.329 bits per heavy atom. The molecule has 0 fully saturated rings. The number of carbonyl (C=O) groups excluding carboxylic acids is 4. The molecule has 0 radical (unpaired) electrons. The number of rotatable bonds is 63. The van der Waals surface area contributed by atoms with Crippen molar-refractivity contribution in [2.24, 2.45) is 5.92 Å². The van der Waals surface area contributed by atoms with Crippen LogP contribution in [0.15, 0.2) is 0 Å². The summed E-state index contributed by atoms with van der Waals surface area (Å²) < 4.78 is 67.8. The van der Waals surface area contributed by atoms with Crippen molar-refractivity contribution in [3.8, 4) is 0 Å². The van der Waals surface area contributed by atoms with Gasteiger partial charge in [-0.05, 0) is 31.6 Å². The third-order valence-corrected chi connectivity index (χ3v) is 16.4. The van der Waals surface area contributed by atoms with Crippen molar-refractivity contribution < 1.29 is 80.2 Å². The highest BCUT2D eigenvalue weighted by Gasteiger charge is 2.30. The zero-order chi connectivity index (χ0) is 60.6. The Kier molecular flexibility index (Phi) is 55.5. The summed E-state index contributed by atoms with van der Waals surface area (Å²) in [6.07, 6.45) is 40.5. The first-order valence-electron chi connectivity index (χ1n) is 33.1. The molecule has 0 heterocycles. The highest BCUT2D eigenvalue weighted by Crippen LogP contribution is 2.45. The van der Waals surface area contributed by atoms with Crippen LogP contribution in [-0.4, -0.2) is 96.7 Å². The first-order valence-corrected chi connectivity index (χ1v) is 36.1. The van der Waals surface area contributed by atoms with Crippen LogP contribution in [0, 0.1) is 5.92 Å². The van der Waals surface area contributed by atoms with Gasteiger partial charge in [-0.15, -0.1) is 0 Å². The summed E-state index contributed by atoms with van der Waals surface area (Å²) in [5.74, 6) is -1.38. The van der Waals surface area contributed by atoms with E-state index in [0.717, 1.165) is 121 Å². The number of hydrogen-bond acceptors (Lipinski definition) is 15. The Morgan fingerprint density at radius 2 is 0.561 bits per heavy atom. The predicted molar refractivity (Wildman–Crippen MR) is 326 cm³/mol. The molecule has 0 aromatic rings. The molecule has 3 N–H and O–H groups in total. The van der Waals surface area contributed by atoms with Crippen LogP contribution in [0.3, 0.4) is 0 Å². The standard InChI is InChI=1S/C63H122O17P2/c1-6-9-12-15-18-19-20-21-22-25-28-33-37-42-47-61(66)74-53-59(80-63(68)49-44-39-34-29-26-23-24-27-32-35-40-45-56(4)5)55-78-82(71,72)76-51-57(64)50-75-81(69,70)77-54-58(79-62(67)48-43-38-31-17-14-11-8-3)52-73-60(65)46-41-36-30-16-13-10-7-2/h56-59,64H,6-55H2,1-5H3,(H,69,70)(H,71,72)/t57-,58+,59+/m0/s1. The van der Waals surface area contributed by atoms with E-state index in [1.165, 1.54) is 116 Å². The number of aliphatic hydroxyl groups is 1. The fourth-order valence-electron chi connectivity index (χ4n) is 9.41. The van der Waals surface area contributed by atoms with Crippen LogP contribution >= 0.6 is 15.6 Å². The number of phosphoric ester groups is 2. The van der Waals surface area contributed by atoms with Gasteiger partial charge in [0, 0.05) is 25.7 Å². The second-order valence-electron chi connectivity index (χ2n) is 23.3. The lowest BCUT2D eigenvalue weighted by molar-refractivity contribution is -0.161. The van der Waals surface area contributed by atoms with Crippen molar-refractivity contribution in [1.29, 1.82) is 0 Å². The van der Waals surface area contributed by atoms with E-state index in [1.807, 2.05) is 0 Å². The van der Waals surface area contributed by atoms with E-state index < -0.39 is 97.5 Å². The van der Waals surface area contributed by atoms with Gasteiger partial charge in [0.05, 0.1) is 26.4 Å². The summed E-state index contributed by atoms with van der Waals surface area (Å²) in [7, 11) is -9.87. The highest BCUT2D eigenvalue weighted by molar-refractivity contribution is 7.47. The molecule has 2 unspecified atom stereocenters. The van der Waals surface area contributed by atoms with Gasteiger partial charge in [-0.1, -0.05) is 266 Å². The third-order valence-electron chi connectivity index (χ3n) is 14.5. The molecule has 0 saturated heterocycles. The number of phosphoric acid groups is 2. The highest BCUT2D eigenvalue weighted by atomic mass is 31.2. The monoisotopic (exact) mass is 1210 g/mol. The smallest absolute Gasteiger partial charge is 0.462 e. The largest absolute Gasteiger partial charge is 0.472 e. The average Bonchev–Trinajstić information content (AvgIpc) is 3.45. The zero-order valence-corrected chi connectivity index (χ0v) is 54.4. The first-order chi connectivity index (χ1) is 39.5. The lowest BCUT2D eigenvalue weighted by atomic mass is 10.0. The van der Waals surface area contributed by atoms with Gasteiger partial charge in [0.15, 0.2) is 12.2 Å². The summed E-state index contributed by atoms with van der Waals surface area (Å²) in [5, 5.41) is 10.5. The Hall–Kier alpha value is -1.94. The van der Waals surface area contributed by atoms with Crippen molar-refractivity contribution >= 4 is 39.5 Å². The molecule has 0 saturated carbocycles. The number of esters is 4. The summed E-state index contributed by atoms with van der Waals surface area (Å²) in [6.45, 7) is 7.11. The van der Waals surface area contributed by atoms with Gasteiger partial charge >= 0.3 is 39.5 Å². The van der Waals surface area contributed by atoms with E-state index in [2.05, 4.69) is 34.6 Å². The second-order valence-corrected chi connectivity index (χ2v) is 26.2. The maximum Gasteiger partial charge on any atom is 0.472 e. The van der Waals surface area contributed by atoms with Crippen LogP contribution in [0.25, 0.3) is 0 Å². The molecule has 0 bridgehead atoms. The summed E-state index contributed by atoms with van der Waals surface area (Å²) >= 11 is 0. The van der Waals surface area contributed by atoms with Crippen molar-refractivity contribution in [3.63, 3.8) is 0 Å². The van der Waals surface area contributed by atoms with Gasteiger partial charge in [-0.25, -0.2) is 9.13 Å². The molecule has 486 valence electrons. The predicted octanol–water partition coefficient (Wildman–Crippen LogP) is 17.4. The Labute approximate surface area is 498 Å². The van der Waals surface area contributed by atoms with Crippen molar-refractivity contribution in [2.45, 2.75) is 335 Å². The van der Waals surface area contributed by atoms with E-state index >= 15 is 0 Å². The van der Waals surface area contributed by atoms with E-state index in [9.17, 15) is 43.2 Å². The molecule has 0 rings (SSSR count). The third kappa shape index (κ3) is 57.2. The van der Waals surface area contributed by atoms with E-state index in [4.69, 9.17) is 37.0 Å². The minimum atomic E-state index is -4.94. The molecule has 0 aliphatic carbocycles. The molecule has 0 aliphatic rings. The average molecular weight is 1210 g/mol. The Balaban J connectivity index is 5.18. The number of ether oxygens (including phenoxy) is 4.